The number of aromatic nitrogens is 3. The highest BCUT2D eigenvalue weighted by Gasteiger charge is 2.33. The Labute approximate surface area is 140 Å². The molecule has 7 heteroatoms. The lowest BCUT2D eigenvalue weighted by Gasteiger charge is -2.29. The molecule has 0 aromatic carbocycles. The SMILES string of the molecule is Cc1noc(C)c1C(=O)N1CCCCCC1c1nn(C)cc1Cl. The predicted molar refractivity (Wildman–Crippen MR) is 86.4 cm³/mol. The number of halogens is 1. The molecular formula is C16H21ClN4O2. The maximum atomic E-state index is 13.1. The minimum Gasteiger partial charge on any atom is -0.361 e. The van der Waals surface area contributed by atoms with Gasteiger partial charge in [0.05, 0.1) is 16.8 Å². The first-order valence-corrected chi connectivity index (χ1v) is 8.29. The van der Waals surface area contributed by atoms with Crippen LogP contribution >= 0.6 is 11.6 Å². The first-order valence-electron chi connectivity index (χ1n) is 7.92. The van der Waals surface area contributed by atoms with Gasteiger partial charge in [-0.3, -0.25) is 9.48 Å². The average molecular weight is 337 g/mol. The summed E-state index contributed by atoms with van der Waals surface area (Å²) in [5, 5.41) is 9.00. The molecule has 1 aliphatic rings. The maximum Gasteiger partial charge on any atom is 0.259 e. The van der Waals surface area contributed by atoms with Crippen molar-refractivity contribution in [3.63, 3.8) is 0 Å². The first kappa shape index (κ1) is 16.1. The fraction of sp³-hybridized carbons (Fsp3) is 0.562. The van der Waals surface area contributed by atoms with Gasteiger partial charge in [-0.15, -0.1) is 0 Å². The van der Waals surface area contributed by atoms with Crippen molar-refractivity contribution in [2.75, 3.05) is 6.54 Å². The number of hydrogen-bond acceptors (Lipinski definition) is 4. The zero-order valence-electron chi connectivity index (χ0n) is 13.7. The summed E-state index contributed by atoms with van der Waals surface area (Å²) < 4.78 is 6.86. The van der Waals surface area contributed by atoms with E-state index in [2.05, 4.69) is 10.3 Å². The van der Waals surface area contributed by atoms with Crippen molar-refractivity contribution in [3.8, 4) is 0 Å². The summed E-state index contributed by atoms with van der Waals surface area (Å²) in [6, 6.07) is -0.104. The number of aryl methyl sites for hydroxylation is 3. The molecule has 1 amide bonds. The summed E-state index contributed by atoms with van der Waals surface area (Å²) in [5.41, 5.74) is 1.96. The van der Waals surface area contributed by atoms with E-state index >= 15 is 0 Å². The largest absolute Gasteiger partial charge is 0.361 e. The highest BCUT2D eigenvalue weighted by Crippen LogP contribution is 2.34. The summed E-state index contributed by atoms with van der Waals surface area (Å²) in [7, 11) is 1.84. The number of rotatable bonds is 2. The lowest BCUT2D eigenvalue weighted by molar-refractivity contribution is 0.0674. The molecule has 1 unspecified atom stereocenters. The summed E-state index contributed by atoms with van der Waals surface area (Å²) in [4.78, 5) is 15.0. The van der Waals surface area contributed by atoms with Crippen LogP contribution in [0.2, 0.25) is 5.02 Å². The van der Waals surface area contributed by atoms with Crippen molar-refractivity contribution in [2.45, 2.75) is 45.6 Å². The number of carbonyl (C=O) groups excluding carboxylic acids is 1. The molecule has 124 valence electrons. The van der Waals surface area contributed by atoms with E-state index in [4.69, 9.17) is 16.1 Å². The Morgan fingerprint density at radius 1 is 1.35 bits per heavy atom. The van der Waals surface area contributed by atoms with Crippen LogP contribution in [0.15, 0.2) is 10.7 Å². The highest BCUT2D eigenvalue weighted by atomic mass is 35.5. The van der Waals surface area contributed by atoms with E-state index in [9.17, 15) is 4.79 Å². The molecule has 6 nitrogen and oxygen atoms in total. The number of nitrogens with zero attached hydrogens (tertiary/aromatic N) is 4. The second-order valence-electron chi connectivity index (χ2n) is 6.10. The van der Waals surface area contributed by atoms with Crippen LogP contribution in [0, 0.1) is 13.8 Å². The number of amides is 1. The smallest absolute Gasteiger partial charge is 0.259 e. The maximum absolute atomic E-state index is 13.1. The molecule has 23 heavy (non-hydrogen) atoms. The van der Waals surface area contributed by atoms with Crippen molar-refractivity contribution in [2.24, 2.45) is 7.05 Å². The highest BCUT2D eigenvalue weighted by molar-refractivity contribution is 6.31. The minimum atomic E-state index is -0.104. The van der Waals surface area contributed by atoms with Crippen molar-refractivity contribution < 1.29 is 9.32 Å². The molecule has 3 rings (SSSR count). The zero-order chi connectivity index (χ0) is 16.6. The first-order chi connectivity index (χ1) is 11.0. The van der Waals surface area contributed by atoms with Gasteiger partial charge in [-0.25, -0.2) is 0 Å². The van der Waals surface area contributed by atoms with Crippen LogP contribution < -0.4 is 0 Å². The van der Waals surface area contributed by atoms with E-state index in [-0.39, 0.29) is 11.9 Å². The predicted octanol–water partition coefficient (Wildman–Crippen LogP) is 3.44. The van der Waals surface area contributed by atoms with Crippen LogP contribution in [0.1, 0.15) is 59.2 Å². The molecule has 2 aromatic rings. The molecular weight excluding hydrogens is 316 g/mol. The van der Waals surface area contributed by atoms with Crippen molar-refractivity contribution in [1.29, 1.82) is 0 Å². The van der Waals surface area contributed by atoms with E-state index in [1.807, 2.05) is 11.9 Å². The van der Waals surface area contributed by atoms with Gasteiger partial charge in [0.15, 0.2) is 0 Å². The number of likely N-dealkylation sites (tertiary alicyclic amines) is 1. The molecule has 1 fully saturated rings. The van der Waals surface area contributed by atoms with Gasteiger partial charge in [0.25, 0.3) is 5.91 Å². The summed E-state index contributed by atoms with van der Waals surface area (Å²) in [6.45, 7) is 4.26. The summed E-state index contributed by atoms with van der Waals surface area (Å²) in [6.07, 6.45) is 5.79. The van der Waals surface area contributed by atoms with Crippen LogP contribution in [-0.4, -0.2) is 32.3 Å². The van der Waals surface area contributed by atoms with Gasteiger partial charge < -0.3 is 9.42 Å². The Hall–Kier alpha value is -1.82. The molecule has 0 radical (unpaired) electrons. The Bertz CT molecular complexity index is 702. The second-order valence-corrected chi connectivity index (χ2v) is 6.51. The van der Waals surface area contributed by atoms with Gasteiger partial charge in [-0.05, 0) is 26.7 Å². The van der Waals surface area contributed by atoms with Crippen LogP contribution in [-0.2, 0) is 7.05 Å². The molecule has 0 N–H and O–H groups in total. The topological polar surface area (TPSA) is 64.2 Å². The normalized spacial score (nSPS) is 19.0. The van der Waals surface area contributed by atoms with E-state index in [0.29, 0.717) is 28.6 Å². The van der Waals surface area contributed by atoms with Crippen LogP contribution in [0.3, 0.4) is 0 Å². The average Bonchev–Trinajstić information content (AvgIpc) is 2.90. The van der Waals surface area contributed by atoms with Gasteiger partial charge in [0.2, 0.25) is 0 Å². The quantitative estimate of drug-likeness (QED) is 0.842. The summed E-state index contributed by atoms with van der Waals surface area (Å²) >= 11 is 6.34. The van der Waals surface area contributed by atoms with E-state index in [1.54, 1.807) is 24.7 Å². The molecule has 1 saturated heterocycles. The fourth-order valence-electron chi connectivity index (χ4n) is 3.27. The molecule has 1 aliphatic heterocycles. The third-order valence-corrected chi connectivity index (χ3v) is 4.68. The number of carbonyl (C=O) groups is 1. The number of hydrogen-bond donors (Lipinski definition) is 0. The third-order valence-electron chi connectivity index (χ3n) is 4.39. The molecule has 1 atom stereocenters. The van der Waals surface area contributed by atoms with Gasteiger partial charge in [-0.2, -0.15) is 5.10 Å². The monoisotopic (exact) mass is 336 g/mol. The Kier molecular flexibility index (Phi) is 4.43. The van der Waals surface area contributed by atoms with Gasteiger partial charge in [0, 0.05) is 19.8 Å². The Balaban J connectivity index is 1.99. The van der Waals surface area contributed by atoms with Crippen molar-refractivity contribution >= 4 is 17.5 Å². The van der Waals surface area contributed by atoms with Crippen LogP contribution in [0.5, 0.6) is 0 Å². The van der Waals surface area contributed by atoms with Crippen molar-refractivity contribution in [1.82, 2.24) is 19.8 Å². The molecule has 0 spiro atoms. The minimum absolute atomic E-state index is 0.0464. The van der Waals surface area contributed by atoms with Crippen molar-refractivity contribution in [3.05, 3.63) is 33.9 Å². The molecule has 0 aliphatic carbocycles. The van der Waals surface area contributed by atoms with Gasteiger partial charge >= 0.3 is 0 Å². The fourth-order valence-corrected chi connectivity index (χ4v) is 3.58. The van der Waals surface area contributed by atoms with Gasteiger partial charge in [0.1, 0.15) is 17.0 Å². The molecule has 0 bridgehead atoms. The zero-order valence-corrected chi connectivity index (χ0v) is 14.4. The van der Waals surface area contributed by atoms with E-state index in [0.717, 1.165) is 31.4 Å². The molecule has 0 saturated carbocycles. The lowest BCUT2D eigenvalue weighted by Crippen LogP contribution is -2.35. The second kappa shape index (κ2) is 6.35. The summed E-state index contributed by atoms with van der Waals surface area (Å²) in [5.74, 6) is 0.512. The third kappa shape index (κ3) is 3.00. The lowest BCUT2D eigenvalue weighted by atomic mass is 10.1. The Morgan fingerprint density at radius 3 is 2.74 bits per heavy atom. The van der Waals surface area contributed by atoms with Gasteiger partial charge in [-0.1, -0.05) is 29.6 Å². The molecule has 3 heterocycles. The van der Waals surface area contributed by atoms with Crippen LogP contribution in [0.4, 0.5) is 0 Å². The van der Waals surface area contributed by atoms with E-state index in [1.165, 1.54) is 0 Å². The molecule has 2 aromatic heterocycles. The standard InChI is InChI=1S/C16H21ClN4O2/c1-10-14(11(2)23-19-10)16(22)21-8-6-4-5-7-13(21)15-12(17)9-20(3)18-15/h9,13H,4-8H2,1-3H3. The van der Waals surface area contributed by atoms with E-state index < -0.39 is 0 Å². The van der Waals surface area contributed by atoms with Crippen LogP contribution in [0.25, 0.3) is 0 Å². The Morgan fingerprint density at radius 2 is 2.13 bits per heavy atom.